The van der Waals surface area contributed by atoms with E-state index in [4.69, 9.17) is 19.1 Å². The number of piperazine rings is 1. The van der Waals surface area contributed by atoms with Crippen LogP contribution in [0.1, 0.15) is 23.1 Å². The first-order chi connectivity index (χ1) is 17.1. The Balaban J connectivity index is 1.29. The molecule has 0 amide bonds. The molecule has 0 bridgehead atoms. The summed E-state index contributed by atoms with van der Waals surface area (Å²) >= 11 is 0. The number of oxazole rings is 1. The van der Waals surface area contributed by atoms with E-state index >= 15 is 0 Å². The average Bonchev–Trinajstić information content (AvgIpc) is 3.53. The van der Waals surface area contributed by atoms with Crippen molar-refractivity contribution in [3.63, 3.8) is 0 Å². The molecule has 1 aromatic carbocycles. The lowest BCUT2D eigenvalue weighted by Crippen LogP contribution is -2.43. The van der Waals surface area contributed by atoms with Gasteiger partial charge in [-0.1, -0.05) is 29.8 Å². The first-order valence-corrected chi connectivity index (χ1v) is 12.5. The van der Waals surface area contributed by atoms with E-state index in [2.05, 4.69) is 70.5 Å². The van der Waals surface area contributed by atoms with E-state index < -0.39 is 0 Å². The summed E-state index contributed by atoms with van der Waals surface area (Å²) in [5.74, 6) is 1.53. The number of hydrazine groups is 1. The second-order valence-corrected chi connectivity index (χ2v) is 9.67. The van der Waals surface area contributed by atoms with Crippen molar-refractivity contribution >= 4 is 22.7 Å². The van der Waals surface area contributed by atoms with Crippen molar-refractivity contribution in [1.29, 1.82) is 0 Å². The van der Waals surface area contributed by atoms with Gasteiger partial charge in [0, 0.05) is 51.5 Å². The van der Waals surface area contributed by atoms with Crippen molar-refractivity contribution in [3.8, 4) is 0 Å². The zero-order valence-corrected chi connectivity index (χ0v) is 20.5. The van der Waals surface area contributed by atoms with Gasteiger partial charge in [-0.2, -0.15) is 4.98 Å². The SMILES string of the molecule is Cc1cccc(C2C=CN(c3cc(N4CCOCC4)c4nc(CN5CCN(C)CC5)oc4n3)N2)c1. The number of aromatic nitrogens is 2. The zero-order valence-electron chi connectivity index (χ0n) is 20.5. The van der Waals surface area contributed by atoms with Crippen LogP contribution in [0, 0.1) is 6.92 Å². The minimum atomic E-state index is 0.0988. The number of anilines is 2. The third-order valence-electron chi connectivity index (χ3n) is 7.04. The van der Waals surface area contributed by atoms with Crippen molar-refractivity contribution < 1.29 is 9.15 Å². The summed E-state index contributed by atoms with van der Waals surface area (Å²) in [6.45, 7) is 10.1. The van der Waals surface area contributed by atoms with Gasteiger partial charge in [-0.15, -0.1) is 0 Å². The Morgan fingerprint density at radius 3 is 2.66 bits per heavy atom. The number of fused-ring (bicyclic) bond motifs is 1. The van der Waals surface area contributed by atoms with Crippen LogP contribution in [0.3, 0.4) is 0 Å². The summed E-state index contributed by atoms with van der Waals surface area (Å²) < 4.78 is 11.8. The van der Waals surface area contributed by atoms with E-state index in [9.17, 15) is 0 Å². The van der Waals surface area contributed by atoms with Crippen LogP contribution >= 0.6 is 0 Å². The van der Waals surface area contributed by atoms with Gasteiger partial charge in [-0.25, -0.2) is 10.4 Å². The number of morpholine rings is 1. The van der Waals surface area contributed by atoms with Crippen LogP contribution in [-0.2, 0) is 11.3 Å². The fraction of sp³-hybridized carbons (Fsp3) is 0.462. The highest BCUT2D eigenvalue weighted by molar-refractivity contribution is 5.87. The van der Waals surface area contributed by atoms with Crippen LogP contribution in [0.15, 0.2) is 47.0 Å². The lowest BCUT2D eigenvalue weighted by atomic mass is 10.1. The molecule has 6 rings (SSSR count). The van der Waals surface area contributed by atoms with Crippen LogP contribution in [0.4, 0.5) is 11.5 Å². The molecule has 1 N–H and O–H groups in total. The van der Waals surface area contributed by atoms with Crippen LogP contribution in [-0.4, -0.2) is 79.3 Å². The highest BCUT2D eigenvalue weighted by atomic mass is 16.5. The molecule has 3 aliphatic heterocycles. The molecule has 3 aliphatic rings. The Kier molecular flexibility index (Phi) is 6.15. The fourth-order valence-electron chi connectivity index (χ4n) is 4.96. The topological polar surface area (TPSA) is 73.1 Å². The molecule has 9 heteroatoms. The third kappa shape index (κ3) is 4.77. The Morgan fingerprint density at radius 2 is 1.86 bits per heavy atom. The van der Waals surface area contributed by atoms with Gasteiger partial charge < -0.3 is 19.0 Å². The van der Waals surface area contributed by atoms with Crippen molar-refractivity contribution in [3.05, 3.63) is 59.6 Å². The molecule has 35 heavy (non-hydrogen) atoms. The van der Waals surface area contributed by atoms with Crippen molar-refractivity contribution in [1.82, 2.24) is 25.2 Å². The summed E-state index contributed by atoms with van der Waals surface area (Å²) in [7, 11) is 2.17. The second-order valence-electron chi connectivity index (χ2n) is 9.67. The smallest absolute Gasteiger partial charge is 0.251 e. The van der Waals surface area contributed by atoms with Gasteiger partial charge in [0.05, 0.1) is 31.5 Å². The van der Waals surface area contributed by atoms with Gasteiger partial charge in [0.1, 0.15) is 0 Å². The molecule has 9 nitrogen and oxygen atoms in total. The lowest BCUT2D eigenvalue weighted by Gasteiger charge is -2.31. The number of aryl methyl sites for hydroxylation is 1. The van der Waals surface area contributed by atoms with Gasteiger partial charge in [0.25, 0.3) is 5.71 Å². The molecule has 1 atom stereocenters. The molecule has 184 valence electrons. The highest BCUT2D eigenvalue weighted by Gasteiger charge is 2.25. The molecular formula is C26H33N7O2. The molecule has 0 aliphatic carbocycles. The van der Waals surface area contributed by atoms with E-state index in [1.807, 2.05) is 11.2 Å². The number of hydrogen-bond acceptors (Lipinski definition) is 9. The Morgan fingerprint density at radius 1 is 1.03 bits per heavy atom. The van der Waals surface area contributed by atoms with Crippen molar-refractivity contribution in [2.75, 3.05) is 69.4 Å². The average molecular weight is 476 g/mol. The fourth-order valence-corrected chi connectivity index (χ4v) is 4.96. The predicted molar refractivity (Wildman–Crippen MR) is 136 cm³/mol. The van der Waals surface area contributed by atoms with Gasteiger partial charge in [-0.05, 0) is 25.6 Å². The summed E-state index contributed by atoms with van der Waals surface area (Å²) in [4.78, 5) is 16.9. The Hall–Kier alpha value is -2.98. The Bertz CT molecular complexity index is 1210. The van der Waals surface area contributed by atoms with Gasteiger partial charge >= 0.3 is 0 Å². The maximum absolute atomic E-state index is 6.24. The zero-order chi connectivity index (χ0) is 23.8. The molecule has 3 aromatic rings. The minimum absolute atomic E-state index is 0.0988. The Labute approximate surface area is 205 Å². The molecule has 0 saturated carbocycles. The van der Waals surface area contributed by atoms with Crippen LogP contribution < -0.4 is 15.3 Å². The monoisotopic (exact) mass is 475 g/mol. The third-order valence-corrected chi connectivity index (χ3v) is 7.04. The quantitative estimate of drug-likeness (QED) is 0.600. The largest absolute Gasteiger partial charge is 0.421 e. The summed E-state index contributed by atoms with van der Waals surface area (Å²) in [5.41, 5.74) is 8.51. The van der Waals surface area contributed by atoms with Crippen molar-refractivity contribution in [2.24, 2.45) is 0 Å². The number of hydrogen-bond donors (Lipinski definition) is 1. The van der Waals surface area contributed by atoms with Crippen molar-refractivity contribution in [2.45, 2.75) is 19.5 Å². The first kappa shape index (κ1) is 22.5. The lowest BCUT2D eigenvalue weighted by molar-refractivity contribution is 0.123. The number of rotatable bonds is 5. The molecule has 1 unspecified atom stereocenters. The van der Waals surface area contributed by atoms with Gasteiger partial charge in [0.2, 0.25) is 5.89 Å². The molecule has 2 saturated heterocycles. The second kappa shape index (κ2) is 9.58. The molecule has 5 heterocycles. The normalized spacial score (nSPS) is 21.9. The number of benzene rings is 1. The number of pyridine rings is 1. The number of nitrogens with zero attached hydrogens (tertiary/aromatic N) is 6. The van der Waals surface area contributed by atoms with Gasteiger partial charge in [-0.3, -0.25) is 9.91 Å². The molecule has 2 fully saturated rings. The molecular weight excluding hydrogens is 442 g/mol. The number of nitrogens with one attached hydrogen (secondary N) is 1. The maximum Gasteiger partial charge on any atom is 0.251 e. The summed E-state index contributed by atoms with van der Waals surface area (Å²) in [5, 5.41) is 1.99. The van der Waals surface area contributed by atoms with Crippen LogP contribution in [0.5, 0.6) is 0 Å². The minimum Gasteiger partial charge on any atom is -0.421 e. The summed E-state index contributed by atoms with van der Waals surface area (Å²) in [6, 6.07) is 10.8. The van der Waals surface area contributed by atoms with Crippen LogP contribution in [0.2, 0.25) is 0 Å². The predicted octanol–water partition coefficient (Wildman–Crippen LogP) is 2.69. The maximum atomic E-state index is 6.24. The van der Waals surface area contributed by atoms with E-state index in [0.717, 1.165) is 62.2 Å². The standard InChI is InChI=1S/C26H33N7O2/c1-19-4-3-5-20(16-19)21-6-7-33(29-21)23-17-22(32-12-14-34-15-13-32)25-26(27-23)35-24(28-25)18-31-10-8-30(2)9-11-31/h3-7,16-17,21,29H,8-15,18H2,1-2H3. The van der Waals surface area contributed by atoms with Gasteiger partial charge in [0.15, 0.2) is 11.3 Å². The number of likely N-dealkylation sites (N-methyl/N-ethyl adjacent to an activating group) is 1. The molecule has 0 radical (unpaired) electrons. The summed E-state index contributed by atoms with van der Waals surface area (Å²) in [6.07, 6.45) is 4.21. The first-order valence-electron chi connectivity index (χ1n) is 12.5. The highest BCUT2D eigenvalue weighted by Crippen LogP contribution is 2.33. The van der Waals surface area contributed by atoms with E-state index in [0.29, 0.717) is 25.5 Å². The van der Waals surface area contributed by atoms with Crippen LogP contribution in [0.25, 0.3) is 11.2 Å². The van der Waals surface area contributed by atoms with E-state index in [1.165, 1.54) is 11.1 Å². The molecule has 0 spiro atoms. The number of ether oxygens (including phenoxy) is 1. The van der Waals surface area contributed by atoms with E-state index in [-0.39, 0.29) is 6.04 Å². The molecule has 2 aromatic heterocycles. The van der Waals surface area contributed by atoms with E-state index in [1.54, 1.807) is 0 Å².